The molecule has 1 aromatic heterocycles. The van der Waals surface area contributed by atoms with Crippen molar-refractivity contribution in [3.63, 3.8) is 0 Å². The third kappa shape index (κ3) is 1.75. The monoisotopic (exact) mass is 179 g/mol. The van der Waals surface area contributed by atoms with Crippen LogP contribution in [0, 0.1) is 0 Å². The van der Waals surface area contributed by atoms with E-state index in [2.05, 4.69) is 34.2 Å². The van der Waals surface area contributed by atoms with Crippen molar-refractivity contribution >= 4 is 5.71 Å². The fourth-order valence-corrected chi connectivity index (χ4v) is 1.49. The molecule has 0 saturated carbocycles. The van der Waals surface area contributed by atoms with E-state index in [1.54, 1.807) is 17.3 Å². The summed E-state index contributed by atoms with van der Waals surface area (Å²) < 4.78 is 1.65. The second-order valence-corrected chi connectivity index (χ2v) is 3.48. The van der Waals surface area contributed by atoms with Crippen molar-refractivity contribution in [3.8, 4) is 0 Å². The van der Waals surface area contributed by atoms with Crippen molar-refractivity contribution in [1.82, 2.24) is 19.8 Å². The van der Waals surface area contributed by atoms with E-state index < -0.39 is 0 Å². The maximum absolute atomic E-state index is 4.39. The Morgan fingerprint density at radius 3 is 2.69 bits per heavy atom. The number of hydrogen-bond acceptors (Lipinski definition) is 4. The van der Waals surface area contributed by atoms with E-state index in [9.17, 15) is 0 Å². The molecule has 1 atom stereocenters. The van der Waals surface area contributed by atoms with Gasteiger partial charge in [0, 0.05) is 19.0 Å². The van der Waals surface area contributed by atoms with E-state index in [1.165, 1.54) is 5.71 Å². The number of likely N-dealkylation sites (tertiary alicyclic amines) is 1. The Balaban J connectivity index is 2.11. The second-order valence-electron chi connectivity index (χ2n) is 3.48. The fourth-order valence-electron chi connectivity index (χ4n) is 1.49. The van der Waals surface area contributed by atoms with Crippen LogP contribution in [0.4, 0.5) is 0 Å². The molecule has 0 aliphatic carbocycles. The molecular weight excluding hydrogens is 166 g/mol. The Hall–Kier alpha value is -1.23. The highest BCUT2D eigenvalue weighted by Gasteiger charge is 2.21. The molecule has 0 radical (unpaired) electrons. The Bertz CT molecular complexity index is 290. The predicted molar refractivity (Wildman–Crippen MR) is 49.6 cm³/mol. The van der Waals surface area contributed by atoms with Crippen molar-refractivity contribution in [2.24, 2.45) is 5.10 Å². The smallest absolute Gasteiger partial charge is 0.141 e. The average molecular weight is 179 g/mol. The first-order valence-corrected chi connectivity index (χ1v) is 4.37. The number of nitrogens with zero attached hydrogens (tertiary/aromatic N) is 5. The summed E-state index contributed by atoms with van der Waals surface area (Å²) >= 11 is 0. The fraction of sp³-hybridized carbons (Fsp3) is 0.625. The summed E-state index contributed by atoms with van der Waals surface area (Å²) in [5.74, 6) is 0. The van der Waals surface area contributed by atoms with Crippen molar-refractivity contribution < 1.29 is 0 Å². The van der Waals surface area contributed by atoms with Crippen LogP contribution in [0.15, 0.2) is 17.8 Å². The third-order valence-corrected chi connectivity index (χ3v) is 2.38. The van der Waals surface area contributed by atoms with E-state index in [4.69, 9.17) is 0 Å². The molecule has 0 N–H and O–H groups in total. The van der Waals surface area contributed by atoms with Crippen molar-refractivity contribution in [2.75, 3.05) is 13.6 Å². The molecule has 1 aliphatic rings. The molecule has 0 spiro atoms. The minimum Gasteiger partial charge on any atom is -0.298 e. The van der Waals surface area contributed by atoms with E-state index in [0.717, 1.165) is 13.0 Å². The zero-order chi connectivity index (χ0) is 9.26. The summed E-state index contributed by atoms with van der Waals surface area (Å²) in [5.41, 5.74) is 1.19. The SMILES string of the molecule is CC1C/C(=N\n2cnnc2)CN1C. The van der Waals surface area contributed by atoms with Gasteiger partial charge in [0.1, 0.15) is 12.7 Å². The molecule has 13 heavy (non-hydrogen) atoms. The van der Waals surface area contributed by atoms with Crippen LogP contribution in [0.3, 0.4) is 0 Å². The normalized spacial score (nSPS) is 27.2. The molecule has 2 rings (SSSR count). The van der Waals surface area contributed by atoms with Crippen LogP contribution in [0.1, 0.15) is 13.3 Å². The molecule has 0 amide bonds. The van der Waals surface area contributed by atoms with Crippen molar-refractivity contribution in [3.05, 3.63) is 12.7 Å². The Morgan fingerprint density at radius 2 is 2.15 bits per heavy atom. The van der Waals surface area contributed by atoms with Crippen LogP contribution in [0.25, 0.3) is 0 Å². The lowest BCUT2D eigenvalue weighted by atomic mass is 10.2. The molecule has 0 bridgehead atoms. The first-order chi connectivity index (χ1) is 6.25. The van der Waals surface area contributed by atoms with Crippen molar-refractivity contribution in [2.45, 2.75) is 19.4 Å². The molecule has 5 heteroatoms. The summed E-state index contributed by atoms with van der Waals surface area (Å²) in [6.07, 6.45) is 4.25. The molecular formula is C8H13N5. The lowest BCUT2D eigenvalue weighted by Crippen LogP contribution is -2.21. The molecule has 70 valence electrons. The standard InChI is InChI=1S/C8H13N5/c1-7-3-8(4-12(7)2)11-13-5-9-10-6-13/h5-7H,3-4H2,1-2H3/b11-8+. The largest absolute Gasteiger partial charge is 0.298 e. The predicted octanol–water partition coefficient (Wildman–Crippen LogP) is 0.206. The molecule has 0 aromatic carbocycles. The van der Waals surface area contributed by atoms with Gasteiger partial charge in [-0.3, -0.25) is 4.90 Å². The second kappa shape index (κ2) is 3.26. The molecule has 1 aliphatic heterocycles. The van der Waals surface area contributed by atoms with Crippen LogP contribution < -0.4 is 0 Å². The zero-order valence-corrected chi connectivity index (χ0v) is 7.88. The van der Waals surface area contributed by atoms with Gasteiger partial charge in [-0.15, -0.1) is 10.2 Å². The first kappa shape index (κ1) is 8.37. The summed E-state index contributed by atoms with van der Waals surface area (Å²) in [4.78, 5) is 2.28. The zero-order valence-electron chi connectivity index (χ0n) is 7.88. The maximum Gasteiger partial charge on any atom is 0.141 e. The highest BCUT2D eigenvalue weighted by molar-refractivity contribution is 5.88. The highest BCUT2D eigenvalue weighted by atomic mass is 15.4. The summed E-state index contributed by atoms with van der Waals surface area (Å²) in [6.45, 7) is 3.15. The van der Waals surface area contributed by atoms with Crippen LogP contribution in [0.2, 0.25) is 0 Å². The lowest BCUT2D eigenvalue weighted by molar-refractivity contribution is 0.333. The van der Waals surface area contributed by atoms with Gasteiger partial charge in [-0.2, -0.15) is 5.10 Å². The van der Waals surface area contributed by atoms with Gasteiger partial charge in [0.25, 0.3) is 0 Å². The van der Waals surface area contributed by atoms with Crippen LogP contribution in [-0.4, -0.2) is 45.1 Å². The van der Waals surface area contributed by atoms with Crippen LogP contribution >= 0.6 is 0 Å². The average Bonchev–Trinajstić information content (AvgIpc) is 2.64. The molecule has 1 fully saturated rings. The molecule has 1 unspecified atom stereocenters. The summed E-state index contributed by atoms with van der Waals surface area (Å²) in [6, 6.07) is 0.593. The van der Waals surface area contributed by atoms with Crippen LogP contribution in [0.5, 0.6) is 0 Å². The van der Waals surface area contributed by atoms with Gasteiger partial charge in [0.2, 0.25) is 0 Å². The molecule has 1 saturated heterocycles. The van der Waals surface area contributed by atoms with E-state index in [0.29, 0.717) is 6.04 Å². The van der Waals surface area contributed by atoms with Gasteiger partial charge in [0.05, 0.1) is 5.71 Å². The quantitative estimate of drug-likeness (QED) is 0.619. The van der Waals surface area contributed by atoms with E-state index in [-0.39, 0.29) is 0 Å². The maximum atomic E-state index is 4.39. The van der Waals surface area contributed by atoms with Gasteiger partial charge in [-0.05, 0) is 14.0 Å². The molecule has 2 heterocycles. The summed E-state index contributed by atoms with van der Waals surface area (Å²) in [7, 11) is 2.11. The van der Waals surface area contributed by atoms with Gasteiger partial charge in [0.15, 0.2) is 0 Å². The van der Waals surface area contributed by atoms with Gasteiger partial charge < -0.3 is 0 Å². The van der Waals surface area contributed by atoms with Crippen molar-refractivity contribution in [1.29, 1.82) is 0 Å². The minimum atomic E-state index is 0.593. The van der Waals surface area contributed by atoms with Crippen LogP contribution in [-0.2, 0) is 0 Å². The Kier molecular flexibility index (Phi) is 2.10. The van der Waals surface area contributed by atoms with E-state index in [1.807, 2.05) is 0 Å². The topological polar surface area (TPSA) is 46.3 Å². The number of aromatic nitrogens is 3. The Labute approximate surface area is 77.1 Å². The highest BCUT2D eigenvalue weighted by Crippen LogP contribution is 2.12. The number of hydrogen-bond donors (Lipinski definition) is 0. The molecule has 5 nitrogen and oxygen atoms in total. The molecule has 1 aromatic rings. The minimum absolute atomic E-state index is 0.593. The third-order valence-electron chi connectivity index (χ3n) is 2.38. The Morgan fingerprint density at radius 1 is 1.46 bits per heavy atom. The first-order valence-electron chi connectivity index (χ1n) is 4.37. The van der Waals surface area contributed by atoms with E-state index >= 15 is 0 Å². The van der Waals surface area contributed by atoms with Gasteiger partial charge >= 0.3 is 0 Å². The summed E-state index contributed by atoms with van der Waals surface area (Å²) in [5, 5.41) is 11.8. The van der Waals surface area contributed by atoms with Gasteiger partial charge in [-0.1, -0.05) is 0 Å². The number of rotatable bonds is 1. The lowest BCUT2D eigenvalue weighted by Gasteiger charge is -2.11. The van der Waals surface area contributed by atoms with Gasteiger partial charge in [-0.25, -0.2) is 4.68 Å².